The minimum absolute atomic E-state index is 0.00308. The molecule has 2 heterocycles. The van der Waals surface area contributed by atoms with Crippen LogP contribution in [0.15, 0.2) is 35.6 Å². The molecule has 0 radical (unpaired) electrons. The van der Waals surface area contributed by atoms with Crippen LogP contribution in [0.2, 0.25) is 5.28 Å². The molecule has 0 fully saturated rings. The number of aryl methyl sites for hydroxylation is 2. The normalized spacial score (nSPS) is 11.8. The lowest BCUT2D eigenvalue weighted by atomic mass is 10.1. The molecule has 3 rings (SSSR count). The Kier molecular flexibility index (Phi) is 3.54. The molecule has 6 nitrogen and oxygen atoms in total. The van der Waals surface area contributed by atoms with E-state index in [1.54, 1.807) is 6.07 Å². The smallest absolute Gasteiger partial charge is 0.265 e. The molecular weight excluding hydrogens is 324 g/mol. The van der Waals surface area contributed by atoms with Gasteiger partial charge in [-0.15, -0.1) is 0 Å². The molecule has 0 bridgehead atoms. The Morgan fingerprint density at radius 1 is 1.14 bits per heavy atom. The second kappa shape index (κ2) is 5.26. The van der Waals surface area contributed by atoms with Gasteiger partial charge >= 0.3 is 0 Å². The van der Waals surface area contributed by atoms with Crippen molar-refractivity contribution in [2.75, 3.05) is 4.72 Å². The van der Waals surface area contributed by atoms with Crippen molar-refractivity contribution < 1.29 is 8.42 Å². The van der Waals surface area contributed by atoms with Crippen LogP contribution in [0.3, 0.4) is 0 Å². The summed E-state index contributed by atoms with van der Waals surface area (Å²) in [4.78, 5) is 10.4. The highest BCUT2D eigenvalue weighted by Gasteiger charge is 2.18. The maximum absolute atomic E-state index is 12.4. The first-order chi connectivity index (χ1) is 10.4. The molecule has 3 aromatic rings. The van der Waals surface area contributed by atoms with Crippen molar-refractivity contribution in [2.24, 2.45) is 0 Å². The molecule has 2 aromatic heterocycles. The first-order valence-corrected chi connectivity index (χ1v) is 8.32. The van der Waals surface area contributed by atoms with E-state index in [0.29, 0.717) is 5.69 Å². The van der Waals surface area contributed by atoms with Gasteiger partial charge in [0.15, 0.2) is 0 Å². The third kappa shape index (κ3) is 2.53. The number of benzene rings is 1. The average molecular weight is 337 g/mol. The number of hydrogen-bond acceptors (Lipinski definition) is 4. The van der Waals surface area contributed by atoms with Gasteiger partial charge in [-0.25, -0.2) is 18.4 Å². The summed E-state index contributed by atoms with van der Waals surface area (Å²) in [5.74, 6) is 0. The summed E-state index contributed by atoms with van der Waals surface area (Å²) in [6.07, 6.45) is 4.19. The fourth-order valence-corrected chi connectivity index (χ4v) is 3.40. The number of nitrogens with one attached hydrogen (secondary N) is 2. The highest BCUT2D eigenvalue weighted by atomic mass is 35.5. The van der Waals surface area contributed by atoms with E-state index in [2.05, 4.69) is 19.7 Å². The molecule has 8 heteroatoms. The minimum Gasteiger partial charge on any atom is -0.359 e. The summed E-state index contributed by atoms with van der Waals surface area (Å²) in [7, 11) is -3.78. The van der Waals surface area contributed by atoms with Crippen molar-refractivity contribution in [2.45, 2.75) is 18.7 Å². The van der Waals surface area contributed by atoms with Gasteiger partial charge in [-0.2, -0.15) is 0 Å². The van der Waals surface area contributed by atoms with Gasteiger partial charge in [-0.3, -0.25) is 4.72 Å². The van der Waals surface area contributed by atoms with Gasteiger partial charge in [0.1, 0.15) is 4.90 Å². The third-order valence-corrected chi connectivity index (χ3v) is 4.91. The van der Waals surface area contributed by atoms with Crippen LogP contribution in [0.4, 0.5) is 5.69 Å². The van der Waals surface area contributed by atoms with Crippen molar-refractivity contribution in [3.63, 3.8) is 0 Å². The Morgan fingerprint density at radius 3 is 2.50 bits per heavy atom. The number of fused-ring (bicyclic) bond motifs is 1. The quantitative estimate of drug-likeness (QED) is 0.720. The fourth-order valence-electron chi connectivity index (χ4n) is 2.35. The van der Waals surface area contributed by atoms with E-state index in [0.717, 1.165) is 22.0 Å². The SMILES string of the molecule is Cc1ccc(NS(=O)(=O)c2cnc(Cl)nc2)c2[nH]cc(C)c12. The van der Waals surface area contributed by atoms with E-state index < -0.39 is 10.0 Å². The number of aromatic amines is 1. The highest BCUT2D eigenvalue weighted by molar-refractivity contribution is 7.92. The van der Waals surface area contributed by atoms with E-state index in [9.17, 15) is 8.42 Å². The first kappa shape index (κ1) is 14.8. The van der Waals surface area contributed by atoms with Crippen LogP contribution in [0.1, 0.15) is 11.1 Å². The number of H-pyrrole nitrogens is 1. The number of anilines is 1. The summed E-state index contributed by atoms with van der Waals surface area (Å²) >= 11 is 5.58. The minimum atomic E-state index is -3.78. The molecule has 22 heavy (non-hydrogen) atoms. The van der Waals surface area contributed by atoms with E-state index in [1.807, 2.05) is 26.1 Å². The van der Waals surface area contributed by atoms with E-state index in [4.69, 9.17) is 11.6 Å². The third-order valence-electron chi connectivity index (χ3n) is 3.39. The molecule has 0 saturated heterocycles. The second-order valence-corrected chi connectivity index (χ2v) is 6.97. The second-order valence-electron chi connectivity index (χ2n) is 4.95. The maximum Gasteiger partial charge on any atom is 0.265 e. The molecule has 0 atom stereocenters. The molecule has 0 spiro atoms. The maximum atomic E-state index is 12.4. The Hall–Kier alpha value is -2.12. The number of sulfonamides is 1. The lowest BCUT2D eigenvalue weighted by Gasteiger charge is -2.10. The van der Waals surface area contributed by atoms with Crippen LogP contribution in [-0.4, -0.2) is 23.4 Å². The molecule has 0 unspecified atom stereocenters. The van der Waals surface area contributed by atoms with Crippen LogP contribution in [0.25, 0.3) is 10.9 Å². The van der Waals surface area contributed by atoms with Crippen LogP contribution in [-0.2, 0) is 10.0 Å². The number of nitrogens with zero attached hydrogens (tertiary/aromatic N) is 2. The van der Waals surface area contributed by atoms with Gasteiger partial charge in [0, 0.05) is 11.6 Å². The highest BCUT2D eigenvalue weighted by Crippen LogP contribution is 2.29. The predicted octanol–water partition coefficient (Wildman–Crippen LogP) is 3.03. The van der Waals surface area contributed by atoms with Gasteiger partial charge in [0.2, 0.25) is 5.28 Å². The van der Waals surface area contributed by atoms with Crippen LogP contribution < -0.4 is 4.72 Å². The zero-order valence-corrected chi connectivity index (χ0v) is 13.5. The monoisotopic (exact) mass is 336 g/mol. The van der Waals surface area contributed by atoms with Crippen LogP contribution in [0.5, 0.6) is 0 Å². The first-order valence-electron chi connectivity index (χ1n) is 6.46. The van der Waals surface area contributed by atoms with E-state index >= 15 is 0 Å². The van der Waals surface area contributed by atoms with Crippen molar-refractivity contribution >= 4 is 38.2 Å². The average Bonchev–Trinajstić information content (AvgIpc) is 2.86. The largest absolute Gasteiger partial charge is 0.359 e. The van der Waals surface area contributed by atoms with Crippen molar-refractivity contribution in [1.29, 1.82) is 0 Å². The number of hydrogen-bond donors (Lipinski definition) is 2. The van der Waals surface area contributed by atoms with Gasteiger partial charge < -0.3 is 4.98 Å². The number of halogens is 1. The molecule has 0 saturated carbocycles. The number of rotatable bonds is 3. The van der Waals surface area contributed by atoms with Gasteiger partial charge in [-0.1, -0.05) is 6.07 Å². The van der Waals surface area contributed by atoms with Gasteiger partial charge in [0.25, 0.3) is 10.0 Å². The van der Waals surface area contributed by atoms with Gasteiger partial charge in [0.05, 0.1) is 23.6 Å². The lowest BCUT2D eigenvalue weighted by Crippen LogP contribution is -2.14. The van der Waals surface area contributed by atoms with Crippen molar-refractivity contribution in [3.05, 3.63) is 47.1 Å². The van der Waals surface area contributed by atoms with Crippen LogP contribution >= 0.6 is 11.6 Å². The van der Waals surface area contributed by atoms with Gasteiger partial charge in [-0.05, 0) is 42.6 Å². The predicted molar refractivity (Wildman–Crippen MR) is 85.6 cm³/mol. The molecule has 0 aliphatic rings. The Morgan fingerprint density at radius 2 is 1.82 bits per heavy atom. The lowest BCUT2D eigenvalue weighted by molar-refractivity contribution is 0.600. The summed E-state index contributed by atoms with van der Waals surface area (Å²) in [5, 5.41) is 1.00. The van der Waals surface area contributed by atoms with E-state index in [1.165, 1.54) is 12.4 Å². The molecule has 2 N–H and O–H groups in total. The summed E-state index contributed by atoms with van der Waals surface area (Å²) < 4.78 is 27.4. The zero-order valence-electron chi connectivity index (χ0n) is 11.9. The molecular formula is C14H13ClN4O2S. The summed E-state index contributed by atoms with van der Waals surface area (Å²) in [5.41, 5.74) is 3.36. The topological polar surface area (TPSA) is 87.7 Å². The molecule has 0 aliphatic heterocycles. The Labute approximate surface area is 132 Å². The van der Waals surface area contributed by atoms with E-state index in [-0.39, 0.29) is 10.2 Å². The molecule has 0 amide bonds. The van der Waals surface area contributed by atoms with Crippen LogP contribution in [0, 0.1) is 13.8 Å². The fraction of sp³-hybridized carbons (Fsp3) is 0.143. The molecule has 1 aromatic carbocycles. The summed E-state index contributed by atoms with van der Waals surface area (Å²) in [6.45, 7) is 3.95. The zero-order chi connectivity index (χ0) is 15.9. The molecule has 0 aliphatic carbocycles. The Bertz CT molecular complexity index is 949. The Balaban J connectivity index is 2.06. The molecule has 114 valence electrons. The number of aromatic nitrogens is 3. The van der Waals surface area contributed by atoms with Crippen molar-refractivity contribution in [3.8, 4) is 0 Å². The van der Waals surface area contributed by atoms with Crippen molar-refractivity contribution in [1.82, 2.24) is 15.0 Å². The standard InChI is InChI=1S/C14H13ClN4O2S/c1-8-3-4-11(13-12(8)9(2)5-16-13)19-22(20,21)10-6-17-14(15)18-7-10/h3-7,16,19H,1-2H3. The summed E-state index contributed by atoms with van der Waals surface area (Å²) in [6, 6.07) is 3.60.